The van der Waals surface area contributed by atoms with Gasteiger partial charge in [-0.2, -0.15) is 0 Å². The minimum Gasteiger partial charge on any atom is -0.360 e. The predicted octanol–water partition coefficient (Wildman–Crippen LogP) is 2.36. The summed E-state index contributed by atoms with van der Waals surface area (Å²) in [6, 6.07) is 2.48. The van der Waals surface area contributed by atoms with Gasteiger partial charge in [-0.3, -0.25) is 0 Å². The number of nitrogens with one attached hydrogen (secondary N) is 1. The van der Waals surface area contributed by atoms with Crippen molar-refractivity contribution in [3.63, 3.8) is 0 Å². The summed E-state index contributed by atoms with van der Waals surface area (Å²) < 4.78 is 5.08. The van der Waals surface area contributed by atoms with Crippen LogP contribution in [0.4, 0.5) is 0 Å². The number of hydrogen-bond donors (Lipinski definition) is 1. The Morgan fingerprint density at radius 2 is 2.44 bits per heavy atom. The third kappa shape index (κ3) is 1.80. The van der Waals surface area contributed by atoms with Crippen molar-refractivity contribution >= 4 is 0 Å². The lowest BCUT2D eigenvalue weighted by atomic mass is 9.87. The molecular formula is C13H18N2O. The van der Waals surface area contributed by atoms with Crippen LogP contribution in [0.5, 0.6) is 0 Å². The molecule has 3 rings (SSSR count). The van der Waals surface area contributed by atoms with E-state index in [9.17, 15) is 0 Å². The number of nitrogens with zero attached hydrogens (tertiary/aromatic N) is 1. The van der Waals surface area contributed by atoms with E-state index in [1.165, 1.54) is 12.8 Å². The van der Waals surface area contributed by atoms with Crippen molar-refractivity contribution in [3.05, 3.63) is 30.2 Å². The molecule has 4 unspecified atom stereocenters. The quantitative estimate of drug-likeness (QED) is 0.788. The molecule has 4 atom stereocenters. The third-order valence-electron chi connectivity index (χ3n) is 4.06. The van der Waals surface area contributed by atoms with E-state index in [0.29, 0.717) is 6.04 Å². The van der Waals surface area contributed by atoms with Gasteiger partial charge in [-0.15, -0.1) is 0 Å². The Balaban J connectivity index is 1.54. The molecule has 0 aromatic carbocycles. The van der Waals surface area contributed by atoms with Gasteiger partial charge in [0.1, 0.15) is 5.76 Å². The monoisotopic (exact) mass is 218 g/mol. The Hall–Kier alpha value is -1.09. The van der Waals surface area contributed by atoms with E-state index >= 15 is 0 Å². The van der Waals surface area contributed by atoms with Crippen LogP contribution < -0.4 is 5.32 Å². The lowest BCUT2D eigenvalue weighted by Gasteiger charge is -2.25. The fourth-order valence-electron chi connectivity index (χ4n) is 3.14. The van der Waals surface area contributed by atoms with E-state index in [0.717, 1.165) is 30.1 Å². The van der Waals surface area contributed by atoms with Crippen molar-refractivity contribution in [1.29, 1.82) is 0 Å². The molecule has 0 spiro atoms. The van der Waals surface area contributed by atoms with Gasteiger partial charge >= 0.3 is 0 Å². The molecule has 1 heterocycles. The standard InChI is InChI=1S/C13H18N2O/c1-9(14-8-12-4-5-15-16-12)13-7-10-2-3-11(13)6-10/h2-5,9-11,13-14H,6-8H2,1H3. The lowest BCUT2D eigenvalue weighted by molar-refractivity contribution is 0.305. The highest BCUT2D eigenvalue weighted by atomic mass is 16.5. The topological polar surface area (TPSA) is 38.1 Å². The lowest BCUT2D eigenvalue weighted by Crippen LogP contribution is -2.35. The zero-order valence-electron chi connectivity index (χ0n) is 9.60. The molecule has 1 saturated carbocycles. The van der Waals surface area contributed by atoms with Crippen molar-refractivity contribution in [3.8, 4) is 0 Å². The fourth-order valence-corrected chi connectivity index (χ4v) is 3.14. The minimum absolute atomic E-state index is 0.560. The number of rotatable bonds is 4. The first-order valence-electron chi connectivity index (χ1n) is 6.14. The second-order valence-electron chi connectivity index (χ2n) is 5.09. The summed E-state index contributed by atoms with van der Waals surface area (Å²) in [5, 5.41) is 7.25. The summed E-state index contributed by atoms with van der Waals surface area (Å²) in [5.41, 5.74) is 0. The van der Waals surface area contributed by atoms with Crippen LogP contribution in [0.3, 0.4) is 0 Å². The molecule has 3 heteroatoms. The number of allylic oxidation sites excluding steroid dienone is 2. The van der Waals surface area contributed by atoms with Crippen LogP contribution in [-0.2, 0) is 6.54 Å². The molecule has 1 N–H and O–H groups in total. The molecule has 3 nitrogen and oxygen atoms in total. The Morgan fingerprint density at radius 1 is 1.50 bits per heavy atom. The number of aromatic nitrogens is 1. The molecule has 2 aliphatic rings. The normalized spacial score (nSPS) is 33.4. The second-order valence-corrected chi connectivity index (χ2v) is 5.09. The summed E-state index contributed by atoms with van der Waals surface area (Å²) in [7, 11) is 0. The highest BCUT2D eigenvalue weighted by molar-refractivity contribution is 5.11. The van der Waals surface area contributed by atoms with Crippen LogP contribution in [0, 0.1) is 17.8 Å². The van der Waals surface area contributed by atoms with Crippen LogP contribution >= 0.6 is 0 Å². The van der Waals surface area contributed by atoms with E-state index in [4.69, 9.17) is 4.52 Å². The van der Waals surface area contributed by atoms with Crippen LogP contribution in [0.25, 0.3) is 0 Å². The first kappa shape index (κ1) is 10.1. The van der Waals surface area contributed by atoms with Gasteiger partial charge in [0.05, 0.1) is 12.7 Å². The van der Waals surface area contributed by atoms with E-state index in [2.05, 4.69) is 29.5 Å². The molecule has 0 amide bonds. The maximum Gasteiger partial charge on any atom is 0.150 e. The summed E-state index contributed by atoms with van der Waals surface area (Å²) in [4.78, 5) is 0. The van der Waals surface area contributed by atoms with E-state index < -0.39 is 0 Å². The second kappa shape index (κ2) is 4.06. The van der Waals surface area contributed by atoms with Crippen LogP contribution in [0.1, 0.15) is 25.5 Å². The summed E-state index contributed by atoms with van der Waals surface area (Å²) in [6.07, 6.45) is 9.22. The summed E-state index contributed by atoms with van der Waals surface area (Å²) in [5.74, 6) is 3.38. The van der Waals surface area contributed by atoms with Crippen molar-refractivity contribution in [2.45, 2.75) is 32.4 Å². The van der Waals surface area contributed by atoms with Crippen molar-refractivity contribution < 1.29 is 4.52 Å². The molecule has 0 saturated heterocycles. The third-order valence-corrected chi connectivity index (χ3v) is 4.06. The first-order chi connectivity index (χ1) is 7.83. The fraction of sp³-hybridized carbons (Fsp3) is 0.615. The highest BCUT2D eigenvalue weighted by Gasteiger charge is 2.38. The van der Waals surface area contributed by atoms with E-state index in [-0.39, 0.29) is 0 Å². The van der Waals surface area contributed by atoms with Gasteiger partial charge < -0.3 is 9.84 Å². The molecule has 1 aromatic rings. The van der Waals surface area contributed by atoms with Gasteiger partial charge in [0.2, 0.25) is 0 Å². The van der Waals surface area contributed by atoms with Gasteiger partial charge in [0.15, 0.2) is 0 Å². The van der Waals surface area contributed by atoms with Gasteiger partial charge in [0, 0.05) is 12.1 Å². The Morgan fingerprint density at radius 3 is 3.06 bits per heavy atom. The zero-order chi connectivity index (χ0) is 11.0. The molecule has 2 bridgehead atoms. The molecule has 1 aromatic heterocycles. The van der Waals surface area contributed by atoms with Crippen molar-refractivity contribution in [1.82, 2.24) is 10.5 Å². The minimum atomic E-state index is 0.560. The molecule has 1 fully saturated rings. The van der Waals surface area contributed by atoms with E-state index in [1.807, 2.05) is 6.07 Å². The average molecular weight is 218 g/mol. The maximum atomic E-state index is 5.08. The first-order valence-corrected chi connectivity index (χ1v) is 6.14. The highest BCUT2D eigenvalue weighted by Crippen LogP contribution is 2.44. The molecule has 86 valence electrons. The average Bonchev–Trinajstić information content (AvgIpc) is 3.01. The Bertz CT molecular complexity index is 371. The number of fused-ring (bicyclic) bond motifs is 2. The van der Waals surface area contributed by atoms with Crippen LogP contribution in [-0.4, -0.2) is 11.2 Å². The van der Waals surface area contributed by atoms with E-state index in [1.54, 1.807) is 6.20 Å². The zero-order valence-corrected chi connectivity index (χ0v) is 9.60. The Labute approximate surface area is 95.9 Å². The van der Waals surface area contributed by atoms with Gasteiger partial charge in [0.25, 0.3) is 0 Å². The van der Waals surface area contributed by atoms with Crippen molar-refractivity contribution in [2.75, 3.05) is 0 Å². The smallest absolute Gasteiger partial charge is 0.150 e. The van der Waals surface area contributed by atoms with Gasteiger partial charge in [-0.25, -0.2) is 0 Å². The molecule has 0 radical (unpaired) electrons. The molecular weight excluding hydrogens is 200 g/mol. The molecule has 16 heavy (non-hydrogen) atoms. The largest absolute Gasteiger partial charge is 0.360 e. The Kier molecular flexibility index (Phi) is 2.56. The van der Waals surface area contributed by atoms with Crippen LogP contribution in [0.2, 0.25) is 0 Å². The van der Waals surface area contributed by atoms with Crippen molar-refractivity contribution in [2.24, 2.45) is 17.8 Å². The molecule has 0 aliphatic heterocycles. The predicted molar refractivity (Wildman–Crippen MR) is 61.6 cm³/mol. The molecule has 2 aliphatic carbocycles. The van der Waals surface area contributed by atoms with Gasteiger partial charge in [-0.1, -0.05) is 17.3 Å². The van der Waals surface area contributed by atoms with Gasteiger partial charge in [-0.05, 0) is 37.5 Å². The SMILES string of the molecule is CC(NCc1ccno1)C1CC2C=CC1C2. The van der Waals surface area contributed by atoms with Crippen LogP contribution in [0.15, 0.2) is 28.9 Å². The number of hydrogen-bond acceptors (Lipinski definition) is 3. The maximum absolute atomic E-state index is 5.08. The summed E-state index contributed by atoms with van der Waals surface area (Å²) >= 11 is 0. The summed E-state index contributed by atoms with van der Waals surface area (Å²) in [6.45, 7) is 3.08.